The standard InChI is InChI=1S/C15H19F2N3S/c1-9(18)4-11-5-13(16)15(14(17)6-11)20(3)7-12-8-21-10(2)19-12/h5-6,8-9H,4,7,18H2,1-3H3. The molecule has 1 aromatic heterocycles. The number of hydrogen-bond acceptors (Lipinski definition) is 4. The quantitative estimate of drug-likeness (QED) is 0.921. The fraction of sp³-hybridized carbons (Fsp3) is 0.400. The Morgan fingerprint density at radius 2 is 1.95 bits per heavy atom. The number of rotatable bonds is 5. The van der Waals surface area contributed by atoms with Crippen molar-refractivity contribution in [2.24, 2.45) is 5.73 Å². The van der Waals surface area contributed by atoms with Gasteiger partial charge in [-0.25, -0.2) is 13.8 Å². The Hall–Kier alpha value is -1.53. The van der Waals surface area contributed by atoms with Crippen LogP contribution >= 0.6 is 11.3 Å². The lowest BCUT2D eigenvalue weighted by molar-refractivity contribution is 0.570. The Labute approximate surface area is 127 Å². The zero-order valence-corrected chi connectivity index (χ0v) is 13.2. The van der Waals surface area contributed by atoms with Crippen LogP contribution in [0.15, 0.2) is 17.5 Å². The molecule has 0 saturated heterocycles. The lowest BCUT2D eigenvalue weighted by Crippen LogP contribution is -2.21. The molecule has 6 heteroatoms. The highest BCUT2D eigenvalue weighted by Gasteiger charge is 2.17. The van der Waals surface area contributed by atoms with Crippen LogP contribution in [0, 0.1) is 18.6 Å². The fourth-order valence-electron chi connectivity index (χ4n) is 2.28. The van der Waals surface area contributed by atoms with Gasteiger partial charge in [0.15, 0.2) is 0 Å². The van der Waals surface area contributed by atoms with Crippen LogP contribution in [0.5, 0.6) is 0 Å². The van der Waals surface area contributed by atoms with Crippen LogP contribution in [0.2, 0.25) is 0 Å². The molecular weight excluding hydrogens is 292 g/mol. The molecule has 1 atom stereocenters. The van der Waals surface area contributed by atoms with Gasteiger partial charge in [0.05, 0.1) is 17.2 Å². The molecular formula is C15H19F2N3S. The first-order valence-electron chi connectivity index (χ1n) is 6.72. The van der Waals surface area contributed by atoms with Crippen molar-refractivity contribution in [3.63, 3.8) is 0 Å². The third kappa shape index (κ3) is 3.98. The minimum absolute atomic E-state index is 0.0333. The maximum Gasteiger partial charge on any atom is 0.149 e. The van der Waals surface area contributed by atoms with Crippen LogP contribution in [0.25, 0.3) is 0 Å². The largest absolute Gasteiger partial charge is 0.364 e. The van der Waals surface area contributed by atoms with E-state index in [0.29, 0.717) is 18.5 Å². The average molecular weight is 311 g/mol. The molecule has 0 saturated carbocycles. The highest BCUT2D eigenvalue weighted by Crippen LogP contribution is 2.26. The first-order chi connectivity index (χ1) is 9.86. The lowest BCUT2D eigenvalue weighted by atomic mass is 10.1. The molecule has 2 rings (SSSR count). The molecule has 0 spiro atoms. The molecule has 114 valence electrons. The van der Waals surface area contributed by atoms with Crippen LogP contribution in [0.3, 0.4) is 0 Å². The number of thiazole rings is 1. The minimum Gasteiger partial charge on any atom is -0.364 e. The highest BCUT2D eigenvalue weighted by molar-refractivity contribution is 7.09. The van der Waals surface area contributed by atoms with Crippen LogP contribution in [0.4, 0.5) is 14.5 Å². The highest BCUT2D eigenvalue weighted by atomic mass is 32.1. The lowest BCUT2D eigenvalue weighted by Gasteiger charge is -2.20. The summed E-state index contributed by atoms with van der Waals surface area (Å²) in [5.74, 6) is -1.14. The van der Waals surface area contributed by atoms with Crippen molar-refractivity contribution >= 4 is 17.0 Å². The SMILES string of the molecule is Cc1nc(CN(C)c2c(F)cc(CC(C)N)cc2F)cs1. The second-order valence-corrected chi connectivity index (χ2v) is 6.37. The van der Waals surface area contributed by atoms with Gasteiger partial charge >= 0.3 is 0 Å². The van der Waals surface area contributed by atoms with E-state index in [1.165, 1.54) is 28.4 Å². The number of nitrogens with two attached hydrogens (primary N) is 1. The number of anilines is 1. The summed E-state index contributed by atoms with van der Waals surface area (Å²) in [6.45, 7) is 4.07. The van der Waals surface area contributed by atoms with E-state index in [4.69, 9.17) is 5.73 Å². The summed E-state index contributed by atoms with van der Waals surface area (Å²) < 4.78 is 28.4. The summed E-state index contributed by atoms with van der Waals surface area (Å²) in [5.41, 5.74) is 7.01. The molecule has 21 heavy (non-hydrogen) atoms. The monoisotopic (exact) mass is 311 g/mol. The summed E-state index contributed by atoms with van der Waals surface area (Å²) in [6.07, 6.45) is 0.448. The van der Waals surface area contributed by atoms with Gasteiger partial charge in [0.2, 0.25) is 0 Å². The molecule has 1 aromatic carbocycles. The van der Waals surface area contributed by atoms with Crippen molar-refractivity contribution in [3.8, 4) is 0 Å². The predicted octanol–water partition coefficient (Wildman–Crippen LogP) is 3.26. The first-order valence-corrected chi connectivity index (χ1v) is 7.60. The number of hydrogen-bond donors (Lipinski definition) is 1. The van der Waals surface area contributed by atoms with Crippen molar-refractivity contribution in [1.82, 2.24) is 4.98 Å². The second-order valence-electron chi connectivity index (χ2n) is 5.30. The molecule has 2 N–H and O–H groups in total. The molecule has 3 nitrogen and oxygen atoms in total. The Balaban J connectivity index is 2.22. The maximum atomic E-state index is 14.2. The molecule has 0 bridgehead atoms. The molecule has 0 amide bonds. The maximum absolute atomic E-state index is 14.2. The van der Waals surface area contributed by atoms with Crippen molar-refractivity contribution in [3.05, 3.63) is 45.4 Å². The summed E-state index contributed by atoms with van der Waals surface area (Å²) >= 11 is 1.52. The first kappa shape index (κ1) is 15.9. The van der Waals surface area contributed by atoms with Gasteiger partial charge in [0.25, 0.3) is 0 Å². The molecule has 0 aliphatic heterocycles. The molecule has 0 aliphatic carbocycles. The zero-order chi connectivity index (χ0) is 15.6. The van der Waals surface area contributed by atoms with E-state index in [-0.39, 0.29) is 11.7 Å². The predicted molar refractivity (Wildman–Crippen MR) is 82.7 cm³/mol. The van der Waals surface area contributed by atoms with E-state index >= 15 is 0 Å². The van der Waals surface area contributed by atoms with E-state index in [1.807, 2.05) is 12.3 Å². The van der Waals surface area contributed by atoms with Gasteiger partial charge in [-0.1, -0.05) is 0 Å². The van der Waals surface area contributed by atoms with E-state index in [9.17, 15) is 8.78 Å². The number of benzene rings is 1. The summed E-state index contributed by atoms with van der Waals surface area (Å²) in [7, 11) is 1.65. The van der Waals surface area contributed by atoms with Gasteiger partial charge in [-0.15, -0.1) is 11.3 Å². The van der Waals surface area contributed by atoms with Crippen molar-refractivity contribution in [1.29, 1.82) is 0 Å². The van der Waals surface area contributed by atoms with E-state index in [2.05, 4.69) is 4.98 Å². The van der Waals surface area contributed by atoms with Gasteiger partial charge in [-0.2, -0.15) is 0 Å². The second kappa shape index (κ2) is 6.49. The number of aromatic nitrogens is 1. The Morgan fingerprint density at radius 1 is 1.33 bits per heavy atom. The van der Waals surface area contributed by atoms with Gasteiger partial charge in [-0.3, -0.25) is 0 Å². The molecule has 1 unspecified atom stereocenters. The number of nitrogens with zero attached hydrogens (tertiary/aromatic N) is 2. The average Bonchev–Trinajstić information content (AvgIpc) is 2.72. The van der Waals surface area contributed by atoms with Crippen molar-refractivity contribution in [2.45, 2.75) is 32.9 Å². The van der Waals surface area contributed by atoms with Crippen LogP contribution < -0.4 is 10.6 Å². The summed E-state index contributed by atoms with van der Waals surface area (Å²) in [5, 5.41) is 2.83. The van der Waals surface area contributed by atoms with E-state index in [1.54, 1.807) is 14.0 Å². The smallest absolute Gasteiger partial charge is 0.149 e. The molecule has 0 aliphatic rings. The van der Waals surface area contributed by atoms with Gasteiger partial charge in [-0.05, 0) is 38.0 Å². The third-order valence-electron chi connectivity index (χ3n) is 3.08. The molecule has 2 aromatic rings. The third-order valence-corrected chi connectivity index (χ3v) is 3.90. The van der Waals surface area contributed by atoms with Crippen LogP contribution in [-0.4, -0.2) is 18.1 Å². The normalized spacial score (nSPS) is 12.5. The van der Waals surface area contributed by atoms with Crippen molar-refractivity contribution < 1.29 is 8.78 Å². The molecule has 1 heterocycles. The summed E-state index contributed by atoms with van der Waals surface area (Å²) in [4.78, 5) is 5.84. The minimum atomic E-state index is -0.569. The topological polar surface area (TPSA) is 42.2 Å². The van der Waals surface area contributed by atoms with Gasteiger partial charge in [0, 0.05) is 18.5 Å². The number of aryl methyl sites for hydroxylation is 1. The van der Waals surface area contributed by atoms with E-state index in [0.717, 1.165) is 10.7 Å². The Bertz CT molecular complexity index is 602. The Morgan fingerprint density at radius 3 is 2.43 bits per heavy atom. The van der Waals surface area contributed by atoms with Crippen molar-refractivity contribution in [2.75, 3.05) is 11.9 Å². The van der Waals surface area contributed by atoms with Gasteiger partial charge < -0.3 is 10.6 Å². The number of halogens is 2. The summed E-state index contributed by atoms with van der Waals surface area (Å²) in [6, 6.07) is 2.57. The molecule has 0 fully saturated rings. The van der Waals surface area contributed by atoms with E-state index < -0.39 is 11.6 Å². The van der Waals surface area contributed by atoms with Crippen LogP contribution in [0.1, 0.15) is 23.2 Å². The fourth-order valence-corrected chi connectivity index (χ4v) is 2.88. The molecule has 0 radical (unpaired) electrons. The zero-order valence-electron chi connectivity index (χ0n) is 12.4. The Kier molecular flexibility index (Phi) is 4.90. The van der Waals surface area contributed by atoms with Crippen LogP contribution in [-0.2, 0) is 13.0 Å². The van der Waals surface area contributed by atoms with Gasteiger partial charge in [0.1, 0.15) is 17.3 Å².